The van der Waals surface area contributed by atoms with Crippen molar-refractivity contribution in [2.75, 3.05) is 0 Å². The normalized spacial score (nSPS) is 14.5. The van der Waals surface area contributed by atoms with E-state index < -0.39 is 5.41 Å². The number of rotatable bonds is 4. The van der Waals surface area contributed by atoms with Crippen molar-refractivity contribution in [2.45, 2.75) is 34.5 Å². The Morgan fingerprint density at radius 1 is 0.377 bits per heavy atom. The average molecular weight is 697 g/mol. The molecule has 10 rings (SSSR count). The van der Waals surface area contributed by atoms with Crippen LogP contribution in [-0.2, 0) is 10.8 Å². The standard InChI is InChI=1S/C50H36N2S/c1-49(2)38-23-11-12-24-40(38)50(41-25-13-15-27-46(41)53-47-28-16-14-26-42(47)50)43-31-35(29-30-39(43)49)36-21-9-10-22-37(36)48-51-44(33-17-5-3-6-18-33)32-45(52-48)34-19-7-4-8-20-34/h3-32H,1-2H3. The minimum absolute atomic E-state index is 0.207. The van der Waals surface area contributed by atoms with Crippen LogP contribution < -0.4 is 0 Å². The van der Waals surface area contributed by atoms with E-state index in [0.717, 1.165) is 39.2 Å². The van der Waals surface area contributed by atoms with E-state index in [2.05, 4.69) is 184 Å². The van der Waals surface area contributed by atoms with E-state index in [1.807, 2.05) is 23.9 Å². The lowest BCUT2D eigenvalue weighted by Gasteiger charge is -2.50. The van der Waals surface area contributed by atoms with Crippen molar-refractivity contribution in [1.82, 2.24) is 9.97 Å². The first-order valence-electron chi connectivity index (χ1n) is 18.2. The van der Waals surface area contributed by atoms with Gasteiger partial charge in [0.05, 0.1) is 16.8 Å². The van der Waals surface area contributed by atoms with Crippen LogP contribution in [-0.4, -0.2) is 9.97 Å². The maximum atomic E-state index is 5.25. The summed E-state index contributed by atoms with van der Waals surface area (Å²) in [4.78, 5) is 13.1. The summed E-state index contributed by atoms with van der Waals surface area (Å²) in [7, 11) is 0. The Morgan fingerprint density at radius 2 is 0.849 bits per heavy atom. The molecule has 8 aromatic rings. The zero-order chi connectivity index (χ0) is 35.6. The molecule has 1 aliphatic heterocycles. The van der Waals surface area contributed by atoms with Gasteiger partial charge in [-0.15, -0.1) is 0 Å². The summed E-state index contributed by atoms with van der Waals surface area (Å²) in [6.07, 6.45) is 0. The summed E-state index contributed by atoms with van der Waals surface area (Å²) >= 11 is 1.88. The van der Waals surface area contributed by atoms with Crippen LogP contribution in [0.25, 0.3) is 45.0 Å². The van der Waals surface area contributed by atoms with Gasteiger partial charge in [-0.1, -0.05) is 183 Å². The minimum Gasteiger partial charge on any atom is -0.228 e. The molecule has 0 fully saturated rings. The molecule has 1 aliphatic carbocycles. The molecule has 1 aromatic heterocycles. The molecule has 0 N–H and O–H groups in total. The maximum Gasteiger partial charge on any atom is 0.161 e. The van der Waals surface area contributed by atoms with Crippen LogP contribution in [0.1, 0.15) is 47.2 Å². The molecular formula is C50H36N2S. The van der Waals surface area contributed by atoms with Gasteiger partial charge >= 0.3 is 0 Å². The highest BCUT2D eigenvalue weighted by atomic mass is 32.2. The van der Waals surface area contributed by atoms with Gasteiger partial charge in [0.2, 0.25) is 0 Å². The summed E-state index contributed by atoms with van der Waals surface area (Å²) < 4.78 is 0. The van der Waals surface area contributed by atoms with Crippen molar-refractivity contribution in [3.8, 4) is 45.0 Å². The number of nitrogens with zero attached hydrogens (tertiary/aromatic N) is 2. The Kier molecular flexibility index (Phi) is 7.35. The molecule has 0 saturated heterocycles. The van der Waals surface area contributed by atoms with E-state index in [1.165, 1.54) is 43.2 Å². The van der Waals surface area contributed by atoms with Gasteiger partial charge in [-0.25, -0.2) is 9.97 Å². The van der Waals surface area contributed by atoms with Gasteiger partial charge < -0.3 is 0 Å². The third kappa shape index (κ3) is 4.88. The van der Waals surface area contributed by atoms with E-state index >= 15 is 0 Å². The zero-order valence-corrected chi connectivity index (χ0v) is 30.4. The van der Waals surface area contributed by atoms with Gasteiger partial charge in [-0.05, 0) is 68.8 Å². The second-order valence-corrected chi connectivity index (χ2v) is 15.6. The van der Waals surface area contributed by atoms with Crippen molar-refractivity contribution in [3.05, 3.63) is 215 Å². The molecule has 0 unspecified atom stereocenters. The zero-order valence-electron chi connectivity index (χ0n) is 29.6. The summed E-state index contributed by atoms with van der Waals surface area (Å²) in [5.41, 5.74) is 14.6. The van der Waals surface area contributed by atoms with Crippen LogP contribution in [0.4, 0.5) is 0 Å². The van der Waals surface area contributed by atoms with Crippen LogP contribution in [0.15, 0.2) is 192 Å². The first-order valence-corrected chi connectivity index (χ1v) is 19.1. The number of fused-ring (bicyclic) bond motifs is 8. The van der Waals surface area contributed by atoms with Gasteiger partial charge in [-0.3, -0.25) is 0 Å². The van der Waals surface area contributed by atoms with Gasteiger partial charge in [0, 0.05) is 31.9 Å². The molecule has 0 atom stereocenters. The molecule has 2 nitrogen and oxygen atoms in total. The number of hydrogen-bond acceptors (Lipinski definition) is 3. The molecular weight excluding hydrogens is 661 g/mol. The van der Waals surface area contributed by atoms with E-state index in [1.54, 1.807) is 0 Å². The van der Waals surface area contributed by atoms with E-state index in [0.29, 0.717) is 5.82 Å². The molecule has 7 aromatic carbocycles. The summed E-state index contributed by atoms with van der Waals surface area (Å²) in [6, 6.07) is 65.9. The molecule has 1 spiro atoms. The predicted octanol–water partition coefficient (Wildman–Crippen LogP) is 12.6. The highest BCUT2D eigenvalue weighted by Crippen LogP contribution is 2.61. The number of benzene rings is 7. The van der Waals surface area contributed by atoms with Gasteiger partial charge in [0.25, 0.3) is 0 Å². The second-order valence-electron chi connectivity index (χ2n) is 14.5. The van der Waals surface area contributed by atoms with Crippen molar-refractivity contribution in [3.63, 3.8) is 0 Å². The Hall–Kier alpha value is -6.03. The molecule has 2 aliphatic rings. The van der Waals surface area contributed by atoms with Crippen molar-refractivity contribution in [1.29, 1.82) is 0 Å². The second kappa shape index (κ2) is 12.3. The van der Waals surface area contributed by atoms with Crippen LogP contribution in [0, 0.1) is 0 Å². The topological polar surface area (TPSA) is 25.8 Å². The number of hydrogen-bond donors (Lipinski definition) is 0. The lowest BCUT2D eigenvalue weighted by atomic mass is 9.54. The van der Waals surface area contributed by atoms with Crippen LogP contribution >= 0.6 is 11.8 Å². The van der Waals surface area contributed by atoms with Crippen LogP contribution in [0.3, 0.4) is 0 Å². The Balaban J connectivity index is 1.24. The fourth-order valence-corrected chi connectivity index (χ4v) is 9.99. The van der Waals surface area contributed by atoms with Gasteiger partial charge in [0.1, 0.15) is 0 Å². The average Bonchev–Trinajstić information content (AvgIpc) is 3.23. The quantitative estimate of drug-likeness (QED) is 0.183. The first-order chi connectivity index (χ1) is 26.0. The lowest BCUT2D eigenvalue weighted by Crippen LogP contribution is -2.43. The highest BCUT2D eigenvalue weighted by Gasteiger charge is 2.52. The fraction of sp³-hybridized carbons (Fsp3) is 0.0800. The molecule has 0 saturated carbocycles. The monoisotopic (exact) mass is 696 g/mol. The molecule has 3 heteroatoms. The minimum atomic E-state index is -0.491. The summed E-state index contributed by atoms with van der Waals surface area (Å²) in [5, 5.41) is 0. The molecule has 0 radical (unpaired) electrons. The van der Waals surface area contributed by atoms with Crippen molar-refractivity contribution < 1.29 is 0 Å². The van der Waals surface area contributed by atoms with Crippen molar-refractivity contribution >= 4 is 11.8 Å². The molecule has 252 valence electrons. The summed E-state index contributed by atoms with van der Waals surface area (Å²) in [6.45, 7) is 4.77. The third-order valence-electron chi connectivity index (χ3n) is 11.2. The van der Waals surface area contributed by atoms with Gasteiger partial charge in [-0.2, -0.15) is 0 Å². The Bertz CT molecular complexity index is 2580. The van der Waals surface area contributed by atoms with E-state index in [4.69, 9.17) is 9.97 Å². The van der Waals surface area contributed by atoms with Crippen LogP contribution in [0.2, 0.25) is 0 Å². The van der Waals surface area contributed by atoms with E-state index in [-0.39, 0.29) is 5.41 Å². The largest absolute Gasteiger partial charge is 0.228 e. The molecule has 0 amide bonds. The number of aromatic nitrogens is 2. The molecule has 53 heavy (non-hydrogen) atoms. The third-order valence-corrected chi connectivity index (χ3v) is 12.4. The maximum absolute atomic E-state index is 5.25. The highest BCUT2D eigenvalue weighted by molar-refractivity contribution is 7.99. The van der Waals surface area contributed by atoms with E-state index in [9.17, 15) is 0 Å². The first kappa shape index (κ1) is 31.7. The Morgan fingerprint density at radius 3 is 1.45 bits per heavy atom. The van der Waals surface area contributed by atoms with Crippen molar-refractivity contribution in [2.24, 2.45) is 0 Å². The van der Waals surface area contributed by atoms with Crippen LogP contribution in [0.5, 0.6) is 0 Å². The lowest BCUT2D eigenvalue weighted by molar-refractivity contribution is 0.549. The molecule has 0 bridgehead atoms. The molecule has 2 heterocycles. The summed E-state index contributed by atoms with van der Waals surface area (Å²) in [5.74, 6) is 0.712. The Labute approximate surface area is 315 Å². The smallest absolute Gasteiger partial charge is 0.161 e. The SMILES string of the molecule is CC1(C)c2ccccc2C2(c3ccccc3Sc3ccccc32)c2cc(-c3ccccc3-c3nc(-c4ccccc4)cc(-c4ccccc4)n3)ccc21. The van der Waals surface area contributed by atoms with Gasteiger partial charge in [0.15, 0.2) is 5.82 Å². The predicted molar refractivity (Wildman–Crippen MR) is 218 cm³/mol. The fourth-order valence-electron chi connectivity index (χ4n) is 8.80.